The second-order valence-corrected chi connectivity index (χ2v) is 5.04. The molecule has 1 aromatic carbocycles. The van der Waals surface area contributed by atoms with Gasteiger partial charge in [-0.1, -0.05) is 30.4 Å². The molecule has 0 saturated carbocycles. The Kier molecular flexibility index (Phi) is 3.34. The van der Waals surface area contributed by atoms with Gasteiger partial charge in [0.15, 0.2) is 6.54 Å². The van der Waals surface area contributed by atoms with Crippen molar-refractivity contribution in [3.8, 4) is 0 Å². The molecule has 0 N–H and O–H groups in total. The zero-order valence-corrected chi connectivity index (χ0v) is 10.5. The number of aromatic nitrogens is 1. The lowest BCUT2D eigenvalue weighted by Crippen LogP contribution is -2.36. The summed E-state index contributed by atoms with van der Waals surface area (Å²) in [7, 11) is 0. The van der Waals surface area contributed by atoms with E-state index in [1.54, 1.807) is 6.92 Å². The summed E-state index contributed by atoms with van der Waals surface area (Å²) in [6.07, 6.45) is 1.65. The average molecular weight is 234 g/mol. The maximum Gasteiger partial charge on any atom is 0.238 e. The van der Waals surface area contributed by atoms with Crippen molar-refractivity contribution in [1.29, 1.82) is 0 Å². The number of aryl methyl sites for hydroxylation is 2. The topological polar surface area (TPSA) is 20.9 Å². The van der Waals surface area contributed by atoms with Crippen LogP contribution in [0.4, 0.5) is 0 Å². The van der Waals surface area contributed by atoms with Crippen molar-refractivity contribution in [3.05, 3.63) is 29.3 Å². The predicted octanol–water partition coefficient (Wildman–Crippen LogP) is 2.73. The van der Waals surface area contributed by atoms with Crippen LogP contribution in [0.25, 0.3) is 10.2 Å². The van der Waals surface area contributed by atoms with Gasteiger partial charge in [-0.25, -0.2) is 0 Å². The van der Waals surface area contributed by atoms with Gasteiger partial charge in [0, 0.05) is 12.5 Å². The maximum absolute atomic E-state index is 11.1. The lowest BCUT2D eigenvalue weighted by Gasteiger charge is -1.95. The fourth-order valence-electron chi connectivity index (χ4n) is 1.86. The molecule has 1 heterocycles. The van der Waals surface area contributed by atoms with E-state index in [0.717, 1.165) is 13.0 Å². The van der Waals surface area contributed by atoms with Crippen LogP contribution < -0.4 is 4.57 Å². The number of fused-ring (bicyclic) bond motifs is 1. The largest absolute Gasteiger partial charge is 0.300 e. The maximum atomic E-state index is 11.1. The van der Waals surface area contributed by atoms with E-state index in [2.05, 4.69) is 35.8 Å². The summed E-state index contributed by atoms with van der Waals surface area (Å²) in [4.78, 5) is 11.1. The lowest BCUT2D eigenvalue weighted by atomic mass is 10.3. The zero-order valence-electron chi connectivity index (χ0n) is 9.69. The van der Waals surface area contributed by atoms with Crippen LogP contribution >= 0.6 is 11.3 Å². The molecular weight excluding hydrogens is 218 g/mol. The van der Waals surface area contributed by atoms with Crippen LogP contribution in [0, 0.1) is 0 Å². The van der Waals surface area contributed by atoms with Crippen molar-refractivity contribution in [2.75, 3.05) is 0 Å². The minimum atomic E-state index is 0.254. The first kappa shape index (κ1) is 11.3. The van der Waals surface area contributed by atoms with Crippen LogP contribution in [0.5, 0.6) is 0 Å². The zero-order chi connectivity index (χ0) is 11.5. The smallest absolute Gasteiger partial charge is 0.238 e. The number of Topliss-reactive ketones (excluding diaryl/α,β-unsaturated/α-hetero) is 1. The van der Waals surface area contributed by atoms with E-state index in [0.29, 0.717) is 6.42 Å². The molecule has 2 aromatic rings. The number of benzene rings is 1. The minimum absolute atomic E-state index is 0.254. The number of nitrogens with zero attached hydrogens (tertiary/aromatic N) is 1. The number of carbonyl (C=O) groups is 1. The van der Waals surface area contributed by atoms with Crippen LogP contribution in [0.15, 0.2) is 24.3 Å². The van der Waals surface area contributed by atoms with Gasteiger partial charge >= 0.3 is 0 Å². The molecular formula is C13H16NOS+. The molecule has 0 unspecified atom stereocenters. The second-order valence-electron chi connectivity index (χ2n) is 3.92. The van der Waals surface area contributed by atoms with Gasteiger partial charge in [-0.15, -0.1) is 0 Å². The molecule has 0 atom stereocenters. The molecule has 0 fully saturated rings. The van der Waals surface area contributed by atoms with E-state index in [1.165, 1.54) is 15.2 Å². The predicted molar refractivity (Wildman–Crippen MR) is 66.7 cm³/mol. The standard InChI is InChI=1S/C13H16NOS/c1-3-13-14(9-8-10(2)15)11-6-4-5-7-12(11)16-13/h4-7H,3,8-9H2,1-2H3/q+1. The highest BCUT2D eigenvalue weighted by Crippen LogP contribution is 2.20. The van der Waals surface area contributed by atoms with Crippen LogP contribution in [0.2, 0.25) is 0 Å². The number of hydrogen-bond donors (Lipinski definition) is 0. The van der Waals surface area contributed by atoms with E-state index in [-0.39, 0.29) is 5.78 Å². The third-order valence-corrected chi connectivity index (χ3v) is 3.98. The Hall–Kier alpha value is -1.22. The van der Waals surface area contributed by atoms with Crippen molar-refractivity contribution in [2.24, 2.45) is 0 Å². The minimum Gasteiger partial charge on any atom is -0.300 e. The first-order chi connectivity index (χ1) is 7.72. The van der Waals surface area contributed by atoms with E-state index in [9.17, 15) is 4.79 Å². The van der Waals surface area contributed by atoms with Crippen molar-refractivity contribution < 1.29 is 9.36 Å². The Labute approximate surface area is 99.5 Å². The van der Waals surface area contributed by atoms with E-state index >= 15 is 0 Å². The van der Waals surface area contributed by atoms with Gasteiger partial charge in [-0.3, -0.25) is 4.79 Å². The monoisotopic (exact) mass is 234 g/mol. The summed E-state index contributed by atoms with van der Waals surface area (Å²) < 4.78 is 3.59. The van der Waals surface area contributed by atoms with Crippen molar-refractivity contribution >= 4 is 27.3 Å². The first-order valence-electron chi connectivity index (χ1n) is 5.62. The number of para-hydroxylation sites is 1. The summed E-state index contributed by atoms with van der Waals surface area (Å²) in [5.41, 5.74) is 1.26. The van der Waals surface area contributed by atoms with Crippen LogP contribution in [0.1, 0.15) is 25.3 Å². The van der Waals surface area contributed by atoms with Gasteiger partial charge in [-0.2, -0.15) is 4.57 Å². The van der Waals surface area contributed by atoms with Gasteiger partial charge in [0.1, 0.15) is 10.5 Å². The molecule has 0 saturated heterocycles. The molecule has 0 aliphatic rings. The third-order valence-electron chi connectivity index (χ3n) is 2.67. The Morgan fingerprint density at radius 1 is 1.38 bits per heavy atom. The quantitative estimate of drug-likeness (QED) is 0.745. The molecule has 1 aromatic heterocycles. The van der Waals surface area contributed by atoms with Crippen LogP contribution in [-0.4, -0.2) is 5.78 Å². The van der Waals surface area contributed by atoms with Crippen molar-refractivity contribution in [1.82, 2.24) is 0 Å². The molecule has 0 amide bonds. The van der Waals surface area contributed by atoms with E-state index in [1.807, 2.05) is 11.3 Å². The Morgan fingerprint density at radius 2 is 2.12 bits per heavy atom. The third kappa shape index (κ3) is 2.14. The highest BCUT2D eigenvalue weighted by molar-refractivity contribution is 7.18. The molecule has 2 rings (SSSR count). The molecule has 84 valence electrons. The number of rotatable bonds is 4. The highest BCUT2D eigenvalue weighted by Gasteiger charge is 2.18. The summed E-state index contributed by atoms with van der Waals surface area (Å²) in [5.74, 6) is 0.254. The van der Waals surface area contributed by atoms with Crippen LogP contribution in [-0.2, 0) is 17.8 Å². The van der Waals surface area contributed by atoms with Gasteiger partial charge in [0.05, 0.1) is 6.42 Å². The van der Waals surface area contributed by atoms with Gasteiger partial charge in [-0.05, 0) is 13.0 Å². The van der Waals surface area contributed by atoms with Crippen molar-refractivity contribution in [2.45, 2.75) is 33.2 Å². The molecule has 16 heavy (non-hydrogen) atoms. The number of carbonyl (C=O) groups excluding carboxylic acids is 1. The summed E-state index contributed by atoms with van der Waals surface area (Å²) in [6, 6.07) is 8.39. The highest BCUT2D eigenvalue weighted by atomic mass is 32.1. The van der Waals surface area contributed by atoms with E-state index in [4.69, 9.17) is 0 Å². The summed E-state index contributed by atoms with van der Waals surface area (Å²) >= 11 is 1.83. The molecule has 3 heteroatoms. The molecule has 0 radical (unpaired) electrons. The van der Waals surface area contributed by atoms with Crippen LogP contribution in [0.3, 0.4) is 0 Å². The Morgan fingerprint density at radius 3 is 2.81 bits per heavy atom. The molecule has 0 aliphatic heterocycles. The van der Waals surface area contributed by atoms with Gasteiger partial charge in [0.2, 0.25) is 10.5 Å². The fourth-order valence-corrected chi connectivity index (χ4v) is 2.99. The Bertz CT molecular complexity index is 516. The normalized spacial score (nSPS) is 10.9. The fraction of sp³-hybridized carbons (Fsp3) is 0.385. The van der Waals surface area contributed by atoms with Gasteiger partial charge < -0.3 is 0 Å². The average Bonchev–Trinajstić information content (AvgIpc) is 2.64. The first-order valence-corrected chi connectivity index (χ1v) is 6.43. The number of ketones is 1. The molecule has 0 spiro atoms. The molecule has 2 nitrogen and oxygen atoms in total. The Balaban J connectivity index is 2.43. The molecule has 0 aliphatic carbocycles. The number of thiazole rings is 1. The summed E-state index contributed by atoms with van der Waals surface area (Å²) in [6.45, 7) is 4.62. The number of hydrogen-bond acceptors (Lipinski definition) is 2. The van der Waals surface area contributed by atoms with Gasteiger partial charge in [0.25, 0.3) is 0 Å². The summed E-state index contributed by atoms with van der Waals surface area (Å²) in [5, 5.41) is 1.35. The SMILES string of the molecule is CCc1sc2ccccc2[n+]1CCC(C)=O. The van der Waals surface area contributed by atoms with Crippen molar-refractivity contribution in [3.63, 3.8) is 0 Å². The molecule has 0 bridgehead atoms. The second kappa shape index (κ2) is 4.74. The lowest BCUT2D eigenvalue weighted by molar-refractivity contribution is -0.672. The van der Waals surface area contributed by atoms with E-state index < -0.39 is 0 Å².